The Balaban J connectivity index is 2.46. The minimum Gasteiger partial charge on any atom is -0.478 e. The Kier molecular flexibility index (Phi) is 2.02. The molecular formula is C10H8N2O2. The van der Waals surface area contributed by atoms with Gasteiger partial charge < -0.3 is 10.1 Å². The molecule has 0 aromatic carbocycles. The molecule has 14 heavy (non-hydrogen) atoms. The maximum Gasteiger partial charge on any atom is 0.335 e. The fraction of sp³-hybridized carbons (Fsp3) is 0. The lowest BCUT2D eigenvalue weighted by atomic mass is 10.2. The SMILES string of the molecule is O=C(O)c1ccnc(-c2ccc[nH]2)c1. The minimum atomic E-state index is -0.944. The molecule has 2 aromatic heterocycles. The van der Waals surface area contributed by atoms with E-state index < -0.39 is 5.97 Å². The molecule has 2 rings (SSSR count). The van der Waals surface area contributed by atoms with Crippen molar-refractivity contribution in [2.45, 2.75) is 0 Å². The van der Waals surface area contributed by atoms with E-state index in [-0.39, 0.29) is 5.56 Å². The minimum absolute atomic E-state index is 0.240. The summed E-state index contributed by atoms with van der Waals surface area (Å²) in [6, 6.07) is 6.68. The molecular weight excluding hydrogens is 180 g/mol. The Labute approximate surface area is 80.2 Å². The molecule has 0 aliphatic heterocycles. The maximum absolute atomic E-state index is 10.7. The number of carbonyl (C=O) groups is 1. The third-order valence-electron chi connectivity index (χ3n) is 1.88. The second-order valence-electron chi connectivity index (χ2n) is 2.82. The van der Waals surface area contributed by atoms with Gasteiger partial charge >= 0.3 is 5.97 Å². The highest BCUT2D eigenvalue weighted by Crippen LogP contribution is 2.14. The van der Waals surface area contributed by atoms with E-state index >= 15 is 0 Å². The first kappa shape index (κ1) is 8.50. The van der Waals surface area contributed by atoms with E-state index in [0.29, 0.717) is 5.69 Å². The smallest absolute Gasteiger partial charge is 0.335 e. The van der Waals surface area contributed by atoms with Crippen molar-refractivity contribution >= 4 is 5.97 Å². The van der Waals surface area contributed by atoms with Crippen LogP contribution in [-0.2, 0) is 0 Å². The van der Waals surface area contributed by atoms with Crippen LogP contribution in [0.2, 0.25) is 0 Å². The predicted molar refractivity (Wildman–Crippen MR) is 51.0 cm³/mol. The number of hydrogen-bond donors (Lipinski definition) is 2. The number of pyridine rings is 1. The molecule has 70 valence electrons. The van der Waals surface area contributed by atoms with Crippen LogP contribution >= 0.6 is 0 Å². The zero-order chi connectivity index (χ0) is 9.97. The standard InChI is InChI=1S/C10H8N2O2/c13-10(14)7-3-5-12-9(6-7)8-2-1-4-11-8/h1-6,11H,(H,13,14). The van der Waals surface area contributed by atoms with Crippen molar-refractivity contribution in [3.05, 3.63) is 42.2 Å². The molecule has 0 amide bonds. The second kappa shape index (κ2) is 3.33. The third kappa shape index (κ3) is 1.50. The van der Waals surface area contributed by atoms with Gasteiger partial charge in [0.25, 0.3) is 0 Å². The van der Waals surface area contributed by atoms with E-state index in [1.54, 1.807) is 6.20 Å². The number of nitrogens with one attached hydrogen (secondary N) is 1. The summed E-state index contributed by atoms with van der Waals surface area (Å²) in [5, 5.41) is 8.77. The number of hydrogen-bond acceptors (Lipinski definition) is 2. The van der Waals surface area contributed by atoms with Crippen LogP contribution in [0, 0.1) is 0 Å². The molecule has 4 heteroatoms. The molecule has 0 saturated heterocycles. The van der Waals surface area contributed by atoms with Gasteiger partial charge in [-0.3, -0.25) is 4.98 Å². The van der Waals surface area contributed by atoms with Gasteiger partial charge in [0.2, 0.25) is 0 Å². The molecule has 0 saturated carbocycles. The van der Waals surface area contributed by atoms with Gasteiger partial charge in [0.05, 0.1) is 17.0 Å². The zero-order valence-electron chi connectivity index (χ0n) is 7.27. The van der Waals surface area contributed by atoms with Gasteiger partial charge in [0.15, 0.2) is 0 Å². The fourth-order valence-electron chi connectivity index (χ4n) is 1.20. The second-order valence-corrected chi connectivity index (χ2v) is 2.82. The van der Waals surface area contributed by atoms with E-state index in [1.165, 1.54) is 18.3 Å². The highest BCUT2D eigenvalue weighted by Gasteiger charge is 2.05. The molecule has 2 heterocycles. The van der Waals surface area contributed by atoms with Crippen LogP contribution in [0.5, 0.6) is 0 Å². The van der Waals surface area contributed by atoms with E-state index in [1.807, 2.05) is 12.1 Å². The number of aromatic carboxylic acids is 1. The summed E-state index contributed by atoms with van der Waals surface area (Å²) in [5.74, 6) is -0.944. The van der Waals surface area contributed by atoms with E-state index in [0.717, 1.165) is 5.69 Å². The summed E-state index contributed by atoms with van der Waals surface area (Å²) in [7, 11) is 0. The predicted octanol–water partition coefficient (Wildman–Crippen LogP) is 1.77. The fourth-order valence-corrected chi connectivity index (χ4v) is 1.20. The van der Waals surface area contributed by atoms with Crippen molar-refractivity contribution in [2.75, 3.05) is 0 Å². The summed E-state index contributed by atoms with van der Waals surface area (Å²) >= 11 is 0. The van der Waals surface area contributed by atoms with Crippen molar-refractivity contribution < 1.29 is 9.90 Å². The Morgan fingerprint density at radius 3 is 2.93 bits per heavy atom. The molecule has 0 fully saturated rings. The number of H-pyrrole nitrogens is 1. The Bertz CT molecular complexity index is 449. The van der Waals surface area contributed by atoms with Gasteiger partial charge in [-0.2, -0.15) is 0 Å². The van der Waals surface area contributed by atoms with Gasteiger partial charge in [-0.05, 0) is 24.3 Å². The lowest BCUT2D eigenvalue weighted by Gasteiger charge is -1.98. The average Bonchev–Trinajstić information content (AvgIpc) is 2.71. The van der Waals surface area contributed by atoms with Crippen molar-refractivity contribution in [1.82, 2.24) is 9.97 Å². The highest BCUT2D eigenvalue weighted by molar-refractivity contribution is 5.88. The first-order chi connectivity index (χ1) is 6.77. The Morgan fingerprint density at radius 2 is 2.29 bits per heavy atom. The topological polar surface area (TPSA) is 66.0 Å². The number of aromatic nitrogens is 2. The van der Waals surface area contributed by atoms with Gasteiger partial charge in [-0.1, -0.05) is 0 Å². The maximum atomic E-state index is 10.7. The van der Waals surface area contributed by atoms with Crippen molar-refractivity contribution in [1.29, 1.82) is 0 Å². The van der Waals surface area contributed by atoms with Crippen LogP contribution in [0.15, 0.2) is 36.7 Å². The van der Waals surface area contributed by atoms with E-state index in [9.17, 15) is 4.79 Å². The number of carboxylic acids is 1. The van der Waals surface area contributed by atoms with Gasteiger partial charge in [-0.25, -0.2) is 4.79 Å². The molecule has 2 aromatic rings. The molecule has 0 aliphatic carbocycles. The van der Waals surface area contributed by atoms with Crippen LogP contribution in [-0.4, -0.2) is 21.0 Å². The molecule has 2 N–H and O–H groups in total. The molecule has 0 bridgehead atoms. The lowest BCUT2D eigenvalue weighted by molar-refractivity contribution is 0.0697. The Hall–Kier alpha value is -2.10. The Morgan fingerprint density at radius 1 is 1.43 bits per heavy atom. The third-order valence-corrected chi connectivity index (χ3v) is 1.88. The van der Waals surface area contributed by atoms with Crippen molar-refractivity contribution in [2.24, 2.45) is 0 Å². The van der Waals surface area contributed by atoms with Crippen LogP contribution in [0.3, 0.4) is 0 Å². The average molecular weight is 188 g/mol. The first-order valence-corrected chi connectivity index (χ1v) is 4.10. The van der Waals surface area contributed by atoms with Crippen LogP contribution in [0.25, 0.3) is 11.4 Å². The first-order valence-electron chi connectivity index (χ1n) is 4.10. The van der Waals surface area contributed by atoms with Crippen LogP contribution in [0.1, 0.15) is 10.4 Å². The molecule has 0 spiro atoms. The summed E-state index contributed by atoms with van der Waals surface area (Å²) in [6.45, 7) is 0. The lowest BCUT2D eigenvalue weighted by Crippen LogP contribution is -1.97. The summed E-state index contributed by atoms with van der Waals surface area (Å²) in [4.78, 5) is 17.7. The van der Waals surface area contributed by atoms with E-state index in [2.05, 4.69) is 9.97 Å². The molecule has 0 unspecified atom stereocenters. The van der Waals surface area contributed by atoms with Crippen molar-refractivity contribution in [3.63, 3.8) is 0 Å². The molecule has 4 nitrogen and oxygen atoms in total. The van der Waals surface area contributed by atoms with Gasteiger partial charge in [-0.15, -0.1) is 0 Å². The van der Waals surface area contributed by atoms with Gasteiger partial charge in [0.1, 0.15) is 0 Å². The summed E-state index contributed by atoms with van der Waals surface area (Å²) < 4.78 is 0. The highest BCUT2D eigenvalue weighted by atomic mass is 16.4. The van der Waals surface area contributed by atoms with Gasteiger partial charge in [0, 0.05) is 12.4 Å². The quantitative estimate of drug-likeness (QED) is 0.754. The number of aromatic amines is 1. The number of rotatable bonds is 2. The number of nitrogens with zero attached hydrogens (tertiary/aromatic N) is 1. The van der Waals surface area contributed by atoms with Crippen LogP contribution in [0.4, 0.5) is 0 Å². The molecule has 0 aliphatic rings. The normalized spacial score (nSPS) is 10.0. The zero-order valence-corrected chi connectivity index (χ0v) is 7.27. The van der Waals surface area contributed by atoms with E-state index in [4.69, 9.17) is 5.11 Å². The summed E-state index contributed by atoms with van der Waals surface area (Å²) in [6.07, 6.45) is 3.25. The monoisotopic (exact) mass is 188 g/mol. The number of carboxylic acid groups (broad SMARTS) is 1. The van der Waals surface area contributed by atoms with Crippen LogP contribution < -0.4 is 0 Å². The largest absolute Gasteiger partial charge is 0.478 e. The van der Waals surface area contributed by atoms with Crippen molar-refractivity contribution in [3.8, 4) is 11.4 Å². The molecule has 0 atom stereocenters. The summed E-state index contributed by atoms with van der Waals surface area (Å²) in [5.41, 5.74) is 1.69. The molecule has 0 radical (unpaired) electrons.